The van der Waals surface area contributed by atoms with Gasteiger partial charge in [-0.05, 0) is 25.0 Å². The molecule has 1 aliphatic carbocycles. The number of benzene rings is 1. The van der Waals surface area contributed by atoms with Crippen LogP contribution >= 0.6 is 0 Å². The highest BCUT2D eigenvalue weighted by Gasteiger charge is 2.35. The van der Waals surface area contributed by atoms with Gasteiger partial charge in [0, 0.05) is 54.2 Å². The van der Waals surface area contributed by atoms with Crippen LogP contribution in [0.5, 0.6) is 5.75 Å². The van der Waals surface area contributed by atoms with Gasteiger partial charge in [-0.2, -0.15) is 4.98 Å². The molecule has 154 valence electrons. The summed E-state index contributed by atoms with van der Waals surface area (Å²) < 4.78 is 5.38. The molecule has 0 unspecified atom stereocenters. The molecular formula is C21H24N8O. The Bertz CT molecular complexity index is 1140. The Morgan fingerprint density at radius 2 is 2.10 bits per heavy atom. The van der Waals surface area contributed by atoms with E-state index in [0.29, 0.717) is 28.8 Å². The van der Waals surface area contributed by atoms with Crippen LogP contribution in [0.25, 0.3) is 10.9 Å². The number of nitrogens with one attached hydrogen (secondary N) is 1. The van der Waals surface area contributed by atoms with E-state index in [2.05, 4.69) is 25.3 Å². The molecule has 9 nitrogen and oxygen atoms in total. The standard InChI is InChI=1S/C21H24N8O/c1-30-16-4-2-3-14-17(16)27-21(23)29-20(14)28-18(22)11-7-12(8-11)19-25-10-13-9-24-6-5-15(13)26-19/h2-4,10-12,24H,5-9H2,1H3,(H4,22,23,27,28,29). The number of para-hydroxylation sites is 1. The maximum atomic E-state index is 6.34. The van der Waals surface area contributed by atoms with Gasteiger partial charge in [0.25, 0.3) is 0 Å². The maximum Gasteiger partial charge on any atom is 0.222 e. The number of ether oxygens (including phenoxy) is 1. The predicted octanol–water partition coefficient (Wildman–Crippen LogP) is 1.84. The second kappa shape index (κ2) is 7.49. The van der Waals surface area contributed by atoms with Crippen LogP contribution < -0.4 is 21.5 Å². The van der Waals surface area contributed by atoms with Crippen molar-refractivity contribution in [2.24, 2.45) is 16.6 Å². The zero-order chi connectivity index (χ0) is 20.7. The number of fused-ring (bicyclic) bond motifs is 2. The third kappa shape index (κ3) is 3.30. The van der Waals surface area contributed by atoms with E-state index >= 15 is 0 Å². The van der Waals surface area contributed by atoms with Gasteiger partial charge in [-0.25, -0.2) is 19.9 Å². The molecule has 2 aromatic heterocycles. The van der Waals surface area contributed by atoms with Crippen molar-refractivity contribution in [2.75, 3.05) is 19.4 Å². The number of nitrogens with two attached hydrogens (primary N) is 2. The number of hydrogen-bond acceptors (Lipinski definition) is 8. The zero-order valence-corrected chi connectivity index (χ0v) is 16.8. The van der Waals surface area contributed by atoms with Crippen LogP contribution in [0.15, 0.2) is 29.4 Å². The minimum Gasteiger partial charge on any atom is -0.494 e. The molecule has 5 rings (SSSR count). The van der Waals surface area contributed by atoms with Gasteiger partial charge >= 0.3 is 0 Å². The van der Waals surface area contributed by atoms with Gasteiger partial charge in [-0.3, -0.25) is 0 Å². The molecule has 0 saturated heterocycles. The molecule has 30 heavy (non-hydrogen) atoms. The molecule has 0 spiro atoms. The number of rotatable bonds is 4. The van der Waals surface area contributed by atoms with E-state index in [1.807, 2.05) is 24.4 Å². The third-order valence-electron chi connectivity index (χ3n) is 5.89. The van der Waals surface area contributed by atoms with E-state index in [1.54, 1.807) is 7.11 Å². The highest BCUT2D eigenvalue weighted by atomic mass is 16.5. The van der Waals surface area contributed by atoms with Gasteiger partial charge in [0.2, 0.25) is 5.95 Å². The molecule has 1 aromatic carbocycles. The van der Waals surface area contributed by atoms with Gasteiger partial charge in [-0.15, -0.1) is 0 Å². The van der Waals surface area contributed by atoms with Gasteiger partial charge in [0.15, 0.2) is 5.82 Å². The van der Waals surface area contributed by atoms with Crippen molar-refractivity contribution in [2.45, 2.75) is 31.7 Å². The fourth-order valence-electron chi connectivity index (χ4n) is 4.11. The Morgan fingerprint density at radius 3 is 2.93 bits per heavy atom. The number of nitrogen functional groups attached to an aromatic ring is 1. The first-order chi connectivity index (χ1) is 14.6. The molecule has 0 atom stereocenters. The summed E-state index contributed by atoms with van der Waals surface area (Å²) in [5.74, 6) is 3.19. The number of methoxy groups -OCH3 is 1. The van der Waals surface area contributed by atoms with Crippen molar-refractivity contribution in [3.05, 3.63) is 41.5 Å². The lowest BCUT2D eigenvalue weighted by Crippen LogP contribution is -2.35. The number of amidine groups is 1. The van der Waals surface area contributed by atoms with E-state index in [0.717, 1.165) is 43.6 Å². The van der Waals surface area contributed by atoms with Crippen LogP contribution in [0.2, 0.25) is 0 Å². The summed E-state index contributed by atoms with van der Waals surface area (Å²) in [6.45, 7) is 1.82. The second-order valence-electron chi connectivity index (χ2n) is 7.79. The van der Waals surface area contributed by atoms with Crippen molar-refractivity contribution in [3.8, 4) is 5.75 Å². The predicted molar refractivity (Wildman–Crippen MR) is 115 cm³/mol. The molecule has 1 fully saturated rings. The lowest BCUT2D eigenvalue weighted by atomic mass is 9.73. The quantitative estimate of drug-likeness (QED) is 0.442. The Balaban J connectivity index is 1.36. The highest BCUT2D eigenvalue weighted by Crippen LogP contribution is 2.41. The van der Waals surface area contributed by atoms with Crippen LogP contribution in [0.3, 0.4) is 0 Å². The summed E-state index contributed by atoms with van der Waals surface area (Å²) in [4.78, 5) is 22.6. The summed E-state index contributed by atoms with van der Waals surface area (Å²) in [5, 5.41) is 4.11. The Hall–Kier alpha value is -3.33. The molecule has 9 heteroatoms. The van der Waals surface area contributed by atoms with Crippen molar-refractivity contribution < 1.29 is 4.74 Å². The first-order valence-corrected chi connectivity index (χ1v) is 10.1. The maximum absolute atomic E-state index is 6.34. The lowest BCUT2D eigenvalue weighted by Gasteiger charge is -2.34. The van der Waals surface area contributed by atoms with E-state index < -0.39 is 0 Å². The smallest absolute Gasteiger partial charge is 0.222 e. The molecule has 3 aromatic rings. The zero-order valence-electron chi connectivity index (χ0n) is 16.8. The van der Waals surface area contributed by atoms with Crippen molar-refractivity contribution in [3.63, 3.8) is 0 Å². The van der Waals surface area contributed by atoms with Crippen LogP contribution in [-0.2, 0) is 13.0 Å². The van der Waals surface area contributed by atoms with Crippen LogP contribution in [0.1, 0.15) is 35.8 Å². The largest absolute Gasteiger partial charge is 0.494 e. The topological polar surface area (TPSA) is 137 Å². The third-order valence-corrected chi connectivity index (χ3v) is 5.89. The minimum absolute atomic E-state index is 0.141. The molecule has 0 bridgehead atoms. The normalized spacial score (nSPS) is 21.2. The van der Waals surface area contributed by atoms with Gasteiger partial charge in [0.1, 0.15) is 22.9 Å². The molecular weight excluding hydrogens is 380 g/mol. The van der Waals surface area contributed by atoms with E-state index in [1.165, 1.54) is 11.3 Å². The molecule has 1 saturated carbocycles. The summed E-state index contributed by atoms with van der Waals surface area (Å²) in [6.07, 6.45) is 4.68. The fraction of sp³-hybridized carbons (Fsp3) is 0.381. The van der Waals surface area contributed by atoms with Gasteiger partial charge in [-0.1, -0.05) is 6.07 Å². The minimum atomic E-state index is 0.141. The Labute approximate surface area is 174 Å². The van der Waals surface area contributed by atoms with Crippen LogP contribution in [0, 0.1) is 5.92 Å². The van der Waals surface area contributed by atoms with Gasteiger partial charge in [0.05, 0.1) is 7.11 Å². The molecule has 1 aliphatic heterocycles. The second-order valence-corrected chi connectivity index (χ2v) is 7.79. The van der Waals surface area contributed by atoms with E-state index in [4.69, 9.17) is 21.2 Å². The Kier molecular flexibility index (Phi) is 4.66. The van der Waals surface area contributed by atoms with Crippen molar-refractivity contribution in [1.82, 2.24) is 25.3 Å². The Morgan fingerprint density at radius 1 is 1.23 bits per heavy atom. The molecule has 0 radical (unpaired) electrons. The van der Waals surface area contributed by atoms with E-state index in [-0.39, 0.29) is 11.9 Å². The SMILES string of the molecule is COc1cccc2c(N=C(N)C3CC(c4ncc5c(n4)CCNC5)C3)nc(N)nc12. The van der Waals surface area contributed by atoms with Crippen LogP contribution in [-0.4, -0.2) is 39.4 Å². The molecule has 0 amide bonds. The fourth-order valence-corrected chi connectivity index (χ4v) is 4.11. The van der Waals surface area contributed by atoms with E-state index in [9.17, 15) is 0 Å². The first kappa shape index (κ1) is 18.7. The van der Waals surface area contributed by atoms with Crippen molar-refractivity contribution in [1.29, 1.82) is 0 Å². The first-order valence-electron chi connectivity index (χ1n) is 10.1. The number of nitrogens with zero attached hydrogens (tertiary/aromatic N) is 5. The molecule has 5 N–H and O–H groups in total. The number of aliphatic imine (C=N–C) groups is 1. The summed E-state index contributed by atoms with van der Waals surface area (Å²) in [6, 6.07) is 5.60. The van der Waals surface area contributed by atoms with Crippen LogP contribution in [0.4, 0.5) is 11.8 Å². The highest BCUT2D eigenvalue weighted by molar-refractivity contribution is 5.96. The monoisotopic (exact) mass is 404 g/mol. The average molecular weight is 404 g/mol. The van der Waals surface area contributed by atoms with Gasteiger partial charge < -0.3 is 21.5 Å². The number of anilines is 1. The average Bonchev–Trinajstić information content (AvgIpc) is 2.72. The lowest BCUT2D eigenvalue weighted by molar-refractivity contribution is 0.328. The summed E-state index contributed by atoms with van der Waals surface area (Å²) in [7, 11) is 1.60. The molecule has 2 aliphatic rings. The summed E-state index contributed by atoms with van der Waals surface area (Å²) in [5.41, 5.74) is 15.2. The summed E-state index contributed by atoms with van der Waals surface area (Å²) >= 11 is 0. The number of aromatic nitrogens is 4. The molecule has 3 heterocycles. The number of hydrogen-bond donors (Lipinski definition) is 3. The van der Waals surface area contributed by atoms with Crippen molar-refractivity contribution >= 4 is 28.5 Å².